The van der Waals surface area contributed by atoms with Crippen molar-refractivity contribution >= 4 is 17.3 Å². The molecule has 0 aliphatic rings. The lowest BCUT2D eigenvalue weighted by Gasteiger charge is -2.19. The molecule has 0 aliphatic heterocycles. The Morgan fingerprint density at radius 2 is 1.62 bits per heavy atom. The zero-order chi connectivity index (χ0) is 15.5. The summed E-state index contributed by atoms with van der Waals surface area (Å²) in [7, 11) is 0. The summed E-state index contributed by atoms with van der Waals surface area (Å²) in [6, 6.07) is 10.4. The van der Waals surface area contributed by atoms with E-state index in [2.05, 4.69) is 72.6 Å². The maximum Gasteiger partial charge on any atom is 0.136 e. The Hall–Kier alpha value is -2.10. The molecule has 1 heterocycles. The number of hydrogen-bond donors (Lipinski definition) is 2. The van der Waals surface area contributed by atoms with Crippen molar-refractivity contribution in [3.63, 3.8) is 0 Å². The second kappa shape index (κ2) is 6.12. The van der Waals surface area contributed by atoms with E-state index < -0.39 is 0 Å². The third-order valence-corrected chi connectivity index (χ3v) is 3.22. The van der Waals surface area contributed by atoms with Gasteiger partial charge in [0.15, 0.2) is 0 Å². The van der Waals surface area contributed by atoms with E-state index >= 15 is 0 Å². The highest BCUT2D eigenvalue weighted by molar-refractivity contribution is 5.59. The molecule has 2 rings (SSSR count). The van der Waals surface area contributed by atoms with Crippen LogP contribution >= 0.6 is 0 Å². The van der Waals surface area contributed by atoms with Crippen LogP contribution in [0.1, 0.15) is 39.1 Å². The van der Waals surface area contributed by atoms with E-state index in [9.17, 15) is 0 Å². The molecule has 1 aromatic heterocycles. The number of hydrogen-bond acceptors (Lipinski definition) is 4. The summed E-state index contributed by atoms with van der Waals surface area (Å²) in [6.45, 7) is 11.4. The number of nitrogens with one attached hydrogen (secondary N) is 2. The van der Waals surface area contributed by atoms with Crippen molar-refractivity contribution in [1.29, 1.82) is 0 Å². The lowest BCUT2D eigenvalue weighted by atomic mass is 9.87. The Kier molecular flexibility index (Phi) is 4.46. The monoisotopic (exact) mass is 284 g/mol. The minimum absolute atomic E-state index is 0.169. The van der Waals surface area contributed by atoms with Gasteiger partial charge in [-0.25, -0.2) is 9.97 Å². The topological polar surface area (TPSA) is 49.8 Å². The Balaban J connectivity index is 2.18. The van der Waals surface area contributed by atoms with E-state index in [0.29, 0.717) is 0 Å². The summed E-state index contributed by atoms with van der Waals surface area (Å²) in [5.41, 5.74) is 2.52. The molecule has 4 nitrogen and oxygen atoms in total. The van der Waals surface area contributed by atoms with Crippen molar-refractivity contribution in [2.24, 2.45) is 0 Å². The number of aryl methyl sites for hydroxylation is 1. The molecular weight excluding hydrogens is 260 g/mol. The number of rotatable bonds is 4. The quantitative estimate of drug-likeness (QED) is 0.881. The summed E-state index contributed by atoms with van der Waals surface area (Å²) in [6.07, 6.45) is 0. The highest BCUT2D eigenvalue weighted by atomic mass is 15.1. The van der Waals surface area contributed by atoms with Gasteiger partial charge in [-0.1, -0.05) is 32.9 Å². The third kappa shape index (κ3) is 4.18. The van der Waals surface area contributed by atoms with Crippen molar-refractivity contribution in [1.82, 2.24) is 9.97 Å². The first-order valence-electron chi connectivity index (χ1n) is 7.35. The first-order valence-corrected chi connectivity index (χ1v) is 7.35. The fourth-order valence-corrected chi connectivity index (χ4v) is 2.10. The second-order valence-electron chi connectivity index (χ2n) is 6.17. The molecule has 2 aromatic rings. The molecule has 0 unspecified atom stereocenters. The van der Waals surface area contributed by atoms with Gasteiger partial charge in [0.2, 0.25) is 0 Å². The minimum atomic E-state index is 0.169. The Morgan fingerprint density at radius 1 is 1.00 bits per heavy atom. The van der Waals surface area contributed by atoms with Crippen LogP contribution in [0.5, 0.6) is 0 Å². The lowest BCUT2D eigenvalue weighted by molar-refractivity contribution is 0.590. The van der Waals surface area contributed by atoms with Gasteiger partial charge in [-0.3, -0.25) is 0 Å². The van der Waals surface area contributed by atoms with Crippen LogP contribution in [0.25, 0.3) is 0 Å². The summed E-state index contributed by atoms with van der Waals surface area (Å²) in [4.78, 5) is 8.77. The first kappa shape index (κ1) is 15.3. The zero-order valence-corrected chi connectivity index (χ0v) is 13.5. The normalized spacial score (nSPS) is 11.3. The number of anilines is 3. The predicted octanol–water partition coefficient (Wildman–Crippen LogP) is 4.26. The summed E-state index contributed by atoms with van der Waals surface area (Å²) >= 11 is 0. The average molecular weight is 284 g/mol. The van der Waals surface area contributed by atoms with Crippen molar-refractivity contribution < 1.29 is 0 Å². The van der Waals surface area contributed by atoms with Gasteiger partial charge >= 0.3 is 0 Å². The molecule has 0 saturated heterocycles. The fraction of sp³-hybridized carbons (Fsp3) is 0.412. The highest BCUT2D eigenvalue weighted by Gasteiger charge is 2.12. The van der Waals surface area contributed by atoms with E-state index in [4.69, 9.17) is 0 Å². The molecular formula is C17H24N4. The van der Waals surface area contributed by atoms with Crippen molar-refractivity contribution in [2.45, 2.75) is 40.0 Å². The molecule has 21 heavy (non-hydrogen) atoms. The molecule has 112 valence electrons. The van der Waals surface area contributed by atoms with Gasteiger partial charge in [0.05, 0.1) is 0 Å². The van der Waals surface area contributed by atoms with Gasteiger partial charge < -0.3 is 10.6 Å². The number of benzene rings is 1. The van der Waals surface area contributed by atoms with Gasteiger partial charge in [-0.2, -0.15) is 0 Å². The van der Waals surface area contributed by atoms with E-state index in [-0.39, 0.29) is 5.41 Å². The van der Waals surface area contributed by atoms with Crippen LogP contribution in [0, 0.1) is 6.92 Å². The standard InChI is InChI=1S/C17H24N4/c1-6-18-15-11-16(20-12(2)19-15)21-14-9-7-13(8-10-14)17(3,4)5/h7-11H,6H2,1-5H3,(H2,18,19,20,21). The van der Waals surface area contributed by atoms with Gasteiger partial charge in [0.25, 0.3) is 0 Å². The molecule has 0 bridgehead atoms. The van der Waals surface area contributed by atoms with Crippen LogP contribution in [-0.2, 0) is 5.41 Å². The molecule has 0 saturated carbocycles. The minimum Gasteiger partial charge on any atom is -0.370 e. The Bertz CT molecular complexity index is 597. The van der Waals surface area contributed by atoms with Crippen LogP contribution in [0.15, 0.2) is 30.3 Å². The maximum atomic E-state index is 4.42. The van der Waals surface area contributed by atoms with Gasteiger partial charge in [0, 0.05) is 18.3 Å². The van der Waals surface area contributed by atoms with Crippen molar-refractivity contribution in [3.05, 3.63) is 41.7 Å². The number of nitrogens with zero attached hydrogens (tertiary/aromatic N) is 2. The summed E-state index contributed by atoms with van der Waals surface area (Å²) in [5.74, 6) is 2.41. The molecule has 0 spiro atoms. The smallest absolute Gasteiger partial charge is 0.136 e. The van der Waals surface area contributed by atoms with Crippen LogP contribution in [-0.4, -0.2) is 16.5 Å². The molecule has 4 heteroatoms. The molecule has 0 aliphatic carbocycles. The Morgan fingerprint density at radius 3 is 2.19 bits per heavy atom. The third-order valence-electron chi connectivity index (χ3n) is 3.22. The molecule has 0 amide bonds. The first-order chi connectivity index (χ1) is 9.88. The molecule has 0 radical (unpaired) electrons. The van der Waals surface area contributed by atoms with Gasteiger partial charge in [0.1, 0.15) is 17.5 Å². The predicted molar refractivity (Wildman–Crippen MR) is 89.4 cm³/mol. The largest absolute Gasteiger partial charge is 0.370 e. The highest BCUT2D eigenvalue weighted by Crippen LogP contribution is 2.24. The molecule has 1 aromatic carbocycles. The lowest BCUT2D eigenvalue weighted by Crippen LogP contribution is -2.10. The van der Waals surface area contributed by atoms with Crippen LogP contribution in [0.4, 0.5) is 17.3 Å². The van der Waals surface area contributed by atoms with E-state index in [0.717, 1.165) is 29.7 Å². The fourth-order valence-electron chi connectivity index (χ4n) is 2.10. The average Bonchev–Trinajstić information content (AvgIpc) is 2.38. The van der Waals surface area contributed by atoms with E-state index in [1.54, 1.807) is 0 Å². The molecule has 2 N–H and O–H groups in total. The molecule has 0 atom stereocenters. The van der Waals surface area contributed by atoms with Crippen LogP contribution in [0.3, 0.4) is 0 Å². The SMILES string of the molecule is CCNc1cc(Nc2ccc(C(C)(C)C)cc2)nc(C)n1. The van der Waals surface area contributed by atoms with Crippen LogP contribution < -0.4 is 10.6 Å². The van der Waals surface area contributed by atoms with E-state index in [1.807, 2.05) is 13.0 Å². The molecule has 0 fully saturated rings. The maximum absolute atomic E-state index is 4.42. The van der Waals surface area contributed by atoms with Crippen molar-refractivity contribution in [3.8, 4) is 0 Å². The zero-order valence-electron chi connectivity index (χ0n) is 13.5. The summed E-state index contributed by atoms with van der Waals surface area (Å²) < 4.78 is 0. The van der Waals surface area contributed by atoms with E-state index in [1.165, 1.54) is 5.56 Å². The van der Waals surface area contributed by atoms with Gasteiger partial charge in [-0.15, -0.1) is 0 Å². The number of aromatic nitrogens is 2. The Labute approximate surface area is 127 Å². The summed E-state index contributed by atoms with van der Waals surface area (Å²) in [5, 5.41) is 6.54. The van der Waals surface area contributed by atoms with Crippen LogP contribution in [0.2, 0.25) is 0 Å². The second-order valence-corrected chi connectivity index (χ2v) is 6.17. The van der Waals surface area contributed by atoms with Crippen molar-refractivity contribution in [2.75, 3.05) is 17.2 Å². The van der Waals surface area contributed by atoms with Gasteiger partial charge in [-0.05, 0) is 37.0 Å².